The Hall–Kier alpha value is -1.55. The summed E-state index contributed by atoms with van der Waals surface area (Å²) >= 11 is 0. The van der Waals surface area contributed by atoms with E-state index >= 15 is 0 Å². The molecule has 0 spiro atoms. The molecule has 19 heavy (non-hydrogen) atoms. The van der Waals surface area contributed by atoms with Crippen molar-refractivity contribution in [3.8, 4) is 5.75 Å². The van der Waals surface area contributed by atoms with Crippen molar-refractivity contribution in [2.24, 2.45) is 5.73 Å². The Bertz CT molecular complexity index is 442. The molecule has 1 aromatic carbocycles. The maximum atomic E-state index is 12.0. The fraction of sp³-hybridized carbons (Fsp3) is 0.533. The zero-order chi connectivity index (χ0) is 14.0. The Morgan fingerprint density at radius 3 is 2.58 bits per heavy atom. The summed E-state index contributed by atoms with van der Waals surface area (Å²) in [4.78, 5) is 13.9. The molecule has 3 atom stereocenters. The van der Waals surface area contributed by atoms with E-state index in [-0.39, 0.29) is 11.9 Å². The number of nitrogens with two attached hydrogens (primary N) is 1. The smallest absolute Gasteiger partial charge is 0.239 e. The van der Waals surface area contributed by atoms with E-state index in [1.54, 1.807) is 14.0 Å². The molecule has 1 amide bonds. The number of benzene rings is 1. The molecule has 0 aliphatic carbocycles. The highest BCUT2D eigenvalue weighted by atomic mass is 16.5. The van der Waals surface area contributed by atoms with E-state index in [9.17, 15) is 4.79 Å². The molecule has 1 aliphatic rings. The molecule has 0 saturated carbocycles. The molecule has 104 valence electrons. The van der Waals surface area contributed by atoms with Crippen LogP contribution >= 0.6 is 0 Å². The van der Waals surface area contributed by atoms with Crippen LogP contribution in [-0.4, -0.2) is 36.5 Å². The van der Waals surface area contributed by atoms with Gasteiger partial charge in [-0.15, -0.1) is 0 Å². The lowest BCUT2D eigenvalue weighted by atomic mass is 9.97. The minimum atomic E-state index is -0.419. The number of nitrogens with zero attached hydrogens (tertiary/aromatic N) is 1. The van der Waals surface area contributed by atoms with Gasteiger partial charge in [0.15, 0.2) is 0 Å². The summed E-state index contributed by atoms with van der Waals surface area (Å²) in [7, 11) is 1.66. The van der Waals surface area contributed by atoms with Gasteiger partial charge in [-0.05, 0) is 38.0 Å². The fourth-order valence-electron chi connectivity index (χ4n) is 2.72. The van der Waals surface area contributed by atoms with Gasteiger partial charge < -0.3 is 15.4 Å². The molecule has 4 nitrogen and oxygen atoms in total. The van der Waals surface area contributed by atoms with Crippen molar-refractivity contribution in [1.29, 1.82) is 0 Å². The fourth-order valence-corrected chi connectivity index (χ4v) is 2.72. The van der Waals surface area contributed by atoms with Gasteiger partial charge in [-0.2, -0.15) is 0 Å². The monoisotopic (exact) mass is 262 g/mol. The van der Waals surface area contributed by atoms with Crippen LogP contribution in [0.3, 0.4) is 0 Å². The summed E-state index contributed by atoms with van der Waals surface area (Å²) in [6, 6.07) is 7.93. The molecule has 2 unspecified atom stereocenters. The maximum Gasteiger partial charge on any atom is 0.239 e. The second kappa shape index (κ2) is 5.61. The number of likely N-dealkylation sites (tertiary alicyclic amines) is 1. The number of rotatable bonds is 3. The molecule has 1 fully saturated rings. The Labute approximate surface area is 114 Å². The third-order valence-electron chi connectivity index (χ3n) is 3.83. The number of hydrogen-bond donors (Lipinski definition) is 1. The Kier molecular flexibility index (Phi) is 4.10. The van der Waals surface area contributed by atoms with Crippen LogP contribution < -0.4 is 10.5 Å². The minimum Gasteiger partial charge on any atom is -0.497 e. The van der Waals surface area contributed by atoms with Crippen molar-refractivity contribution >= 4 is 5.91 Å². The number of ether oxygens (including phenoxy) is 1. The van der Waals surface area contributed by atoms with Gasteiger partial charge in [0.2, 0.25) is 5.91 Å². The summed E-state index contributed by atoms with van der Waals surface area (Å²) in [6.07, 6.45) is 0.991. The molecule has 1 aliphatic heterocycles. The van der Waals surface area contributed by atoms with Crippen molar-refractivity contribution in [3.63, 3.8) is 0 Å². The lowest BCUT2D eigenvalue weighted by molar-refractivity contribution is -0.132. The van der Waals surface area contributed by atoms with Crippen molar-refractivity contribution in [1.82, 2.24) is 4.90 Å². The Balaban J connectivity index is 2.09. The van der Waals surface area contributed by atoms with Gasteiger partial charge in [-0.25, -0.2) is 0 Å². The summed E-state index contributed by atoms with van der Waals surface area (Å²) in [5.74, 6) is 1.30. The molecular formula is C15H22N2O2. The van der Waals surface area contributed by atoms with E-state index in [1.165, 1.54) is 5.56 Å². The van der Waals surface area contributed by atoms with Crippen LogP contribution in [0.25, 0.3) is 0 Å². The highest BCUT2D eigenvalue weighted by molar-refractivity contribution is 5.81. The molecule has 0 aromatic heterocycles. The van der Waals surface area contributed by atoms with Crippen LogP contribution in [0.1, 0.15) is 31.7 Å². The van der Waals surface area contributed by atoms with E-state index in [0.717, 1.165) is 18.7 Å². The lowest BCUT2D eigenvalue weighted by Gasteiger charge is -2.23. The van der Waals surface area contributed by atoms with Gasteiger partial charge in [0.1, 0.15) is 5.75 Å². The van der Waals surface area contributed by atoms with Crippen LogP contribution in [0.15, 0.2) is 24.3 Å². The second-order valence-corrected chi connectivity index (χ2v) is 5.33. The Morgan fingerprint density at radius 1 is 1.42 bits per heavy atom. The van der Waals surface area contributed by atoms with Crippen LogP contribution in [0.4, 0.5) is 0 Å². The molecule has 2 rings (SSSR count). The van der Waals surface area contributed by atoms with Gasteiger partial charge in [0, 0.05) is 18.5 Å². The second-order valence-electron chi connectivity index (χ2n) is 5.33. The standard InChI is InChI=1S/C15H22N2O2/c1-10-8-13(9-17(10)15(18)11(2)16)12-4-6-14(19-3)7-5-12/h4-7,10-11,13H,8-9,16H2,1-3H3/t10?,11-,13?/m1/s1. The van der Waals surface area contributed by atoms with Crippen molar-refractivity contribution in [3.05, 3.63) is 29.8 Å². The van der Waals surface area contributed by atoms with Gasteiger partial charge >= 0.3 is 0 Å². The van der Waals surface area contributed by atoms with Crippen LogP contribution in [-0.2, 0) is 4.79 Å². The minimum absolute atomic E-state index is 0.0449. The molecular weight excluding hydrogens is 240 g/mol. The first kappa shape index (κ1) is 13.9. The lowest BCUT2D eigenvalue weighted by Crippen LogP contribution is -2.43. The van der Waals surface area contributed by atoms with E-state index in [2.05, 4.69) is 19.1 Å². The van der Waals surface area contributed by atoms with E-state index in [0.29, 0.717) is 5.92 Å². The summed E-state index contributed by atoms with van der Waals surface area (Å²) in [5.41, 5.74) is 6.95. The SMILES string of the molecule is COc1ccc(C2CC(C)N(C(=O)[C@@H](C)N)C2)cc1. The number of carbonyl (C=O) groups excluding carboxylic acids is 1. The van der Waals surface area contributed by atoms with E-state index < -0.39 is 6.04 Å². The van der Waals surface area contributed by atoms with E-state index in [4.69, 9.17) is 10.5 Å². The maximum absolute atomic E-state index is 12.0. The highest BCUT2D eigenvalue weighted by Gasteiger charge is 2.34. The van der Waals surface area contributed by atoms with Gasteiger partial charge in [0.05, 0.1) is 13.2 Å². The number of hydrogen-bond acceptors (Lipinski definition) is 3. The Morgan fingerprint density at radius 2 is 2.05 bits per heavy atom. The number of amides is 1. The summed E-state index contributed by atoms with van der Waals surface area (Å²) in [6.45, 7) is 4.59. The van der Waals surface area contributed by atoms with Crippen molar-refractivity contribution in [2.75, 3.05) is 13.7 Å². The highest BCUT2D eigenvalue weighted by Crippen LogP contribution is 2.32. The molecule has 2 N–H and O–H groups in total. The first-order valence-corrected chi connectivity index (χ1v) is 6.73. The number of carbonyl (C=O) groups is 1. The zero-order valence-corrected chi connectivity index (χ0v) is 11.8. The average molecular weight is 262 g/mol. The van der Waals surface area contributed by atoms with Crippen molar-refractivity contribution < 1.29 is 9.53 Å². The van der Waals surface area contributed by atoms with Crippen molar-refractivity contribution in [2.45, 2.75) is 38.3 Å². The first-order valence-electron chi connectivity index (χ1n) is 6.73. The average Bonchev–Trinajstić information content (AvgIpc) is 2.80. The van der Waals surface area contributed by atoms with E-state index in [1.807, 2.05) is 17.0 Å². The van der Waals surface area contributed by atoms with Gasteiger partial charge in [0.25, 0.3) is 0 Å². The quantitative estimate of drug-likeness (QED) is 0.903. The molecule has 4 heteroatoms. The molecule has 0 bridgehead atoms. The topological polar surface area (TPSA) is 55.6 Å². The summed E-state index contributed by atoms with van der Waals surface area (Å²) in [5, 5.41) is 0. The predicted octanol–water partition coefficient (Wildman–Crippen LogP) is 1.75. The largest absolute Gasteiger partial charge is 0.497 e. The third-order valence-corrected chi connectivity index (χ3v) is 3.83. The summed E-state index contributed by atoms with van der Waals surface area (Å²) < 4.78 is 5.16. The van der Waals surface area contributed by atoms with Crippen LogP contribution in [0.5, 0.6) is 5.75 Å². The molecule has 0 radical (unpaired) electrons. The normalized spacial score (nSPS) is 24.3. The van der Waals surface area contributed by atoms with Gasteiger partial charge in [-0.3, -0.25) is 4.79 Å². The molecule has 1 aromatic rings. The van der Waals surface area contributed by atoms with Gasteiger partial charge in [-0.1, -0.05) is 12.1 Å². The predicted molar refractivity (Wildman–Crippen MR) is 75.2 cm³/mol. The molecule has 1 heterocycles. The first-order chi connectivity index (χ1) is 9.02. The molecule has 1 saturated heterocycles. The number of methoxy groups -OCH3 is 1. The van der Waals surface area contributed by atoms with Crippen LogP contribution in [0.2, 0.25) is 0 Å². The third kappa shape index (κ3) is 2.89. The van der Waals surface area contributed by atoms with Crippen LogP contribution in [0, 0.1) is 0 Å². The zero-order valence-electron chi connectivity index (χ0n) is 11.8.